The lowest BCUT2D eigenvalue weighted by Crippen LogP contribution is -2.37. The first-order valence-electron chi connectivity index (χ1n) is 5.34. The van der Waals surface area contributed by atoms with E-state index in [1.165, 1.54) is 6.20 Å². The van der Waals surface area contributed by atoms with E-state index in [0.717, 1.165) is 5.39 Å². The molecular weight excluding hydrogens is 256 g/mol. The van der Waals surface area contributed by atoms with Crippen molar-refractivity contribution < 1.29 is 9.32 Å². The highest BCUT2D eigenvalue weighted by molar-refractivity contribution is 5.97. The Morgan fingerprint density at radius 3 is 3.00 bits per heavy atom. The summed E-state index contributed by atoms with van der Waals surface area (Å²) in [5.74, 6) is -0.196. The molecule has 6 nitrogen and oxygen atoms in total. The van der Waals surface area contributed by atoms with Gasteiger partial charge in [-0.25, -0.2) is 4.98 Å². The average Bonchev–Trinajstić information content (AvgIpc) is 2.70. The molecule has 0 bridgehead atoms. The molecule has 0 unspecified atom stereocenters. The molecule has 2 aromatic heterocycles. The Hall–Kier alpha value is -1.66. The van der Waals surface area contributed by atoms with Crippen LogP contribution in [0.1, 0.15) is 23.0 Å². The summed E-state index contributed by atoms with van der Waals surface area (Å²) in [4.78, 5) is 15.9. The number of carbonyl (C=O) groups is 1. The number of aryl methyl sites for hydroxylation is 1. The Morgan fingerprint density at radius 1 is 1.61 bits per heavy atom. The van der Waals surface area contributed by atoms with E-state index in [-0.39, 0.29) is 24.4 Å². The first-order chi connectivity index (χ1) is 8.11. The smallest absolute Gasteiger partial charge is 0.257 e. The van der Waals surface area contributed by atoms with E-state index < -0.39 is 0 Å². The fourth-order valence-corrected chi connectivity index (χ4v) is 1.44. The SMILES string of the molecule is Cc1noc2ncc(C(=O)N[C@@H](C)CN)cc12.Cl. The van der Waals surface area contributed by atoms with Crippen molar-refractivity contribution in [1.82, 2.24) is 15.5 Å². The summed E-state index contributed by atoms with van der Waals surface area (Å²) in [7, 11) is 0. The van der Waals surface area contributed by atoms with Crippen LogP contribution >= 0.6 is 12.4 Å². The maximum Gasteiger partial charge on any atom is 0.257 e. The highest BCUT2D eigenvalue weighted by atomic mass is 35.5. The van der Waals surface area contributed by atoms with Gasteiger partial charge in [0.2, 0.25) is 0 Å². The number of carbonyl (C=O) groups excluding carboxylic acids is 1. The fourth-order valence-electron chi connectivity index (χ4n) is 1.44. The van der Waals surface area contributed by atoms with E-state index >= 15 is 0 Å². The standard InChI is InChI=1S/C11H14N4O2.ClH/c1-6(4-12)14-10(16)8-3-9-7(2)15-17-11(9)13-5-8;/h3,5-6H,4,12H2,1-2H3,(H,14,16);1H/t6-;/m0./s1. The van der Waals surface area contributed by atoms with E-state index in [2.05, 4.69) is 15.5 Å². The second-order valence-electron chi connectivity index (χ2n) is 3.95. The van der Waals surface area contributed by atoms with Crippen LogP contribution in [0.3, 0.4) is 0 Å². The summed E-state index contributed by atoms with van der Waals surface area (Å²) in [5, 5.41) is 7.30. The van der Waals surface area contributed by atoms with Gasteiger partial charge in [-0.05, 0) is 19.9 Å². The molecule has 0 saturated carbocycles. The van der Waals surface area contributed by atoms with Crippen molar-refractivity contribution >= 4 is 29.4 Å². The summed E-state index contributed by atoms with van der Waals surface area (Å²) < 4.78 is 4.97. The molecule has 0 aliphatic rings. The molecule has 2 aromatic rings. The van der Waals surface area contributed by atoms with E-state index in [1.54, 1.807) is 13.0 Å². The zero-order valence-electron chi connectivity index (χ0n) is 10.1. The van der Waals surface area contributed by atoms with E-state index in [4.69, 9.17) is 10.3 Å². The number of nitrogens with one attached hydrogen (secondary N) is 1. The van der Waals surface area contributed by atoms with Crippen molar-refractivity contribution in [2.24, 2.45) is 5.73 Å². The zero-order chi connectivity index (χ0) is 12.4. The van der Waals surface area contributed by atoms with Crippen LogP contribution in [0.2, 0.25) is 0 Å². The Balaban J connectivity index is 0.00000162. The number of fused-ring (bicyclic) bond motifs is 1. The Bertz CT molecular complexity index is 555. The summed E-state index contributed by atoms with van der Waals surface area (Å²) in [6.45, 7) is 4.04. The molecule has 7 heteroatoms. The summed E-state index contributed by atoms with van der Waals surface area (Å²) in [6, 6.07) is 1.65. The van der Waals surface area contributed by atoms with Gasteiger partial charge in [0.1, 0.15) is 0 Å². The molecule has 0 saturated heterocycles. The summed E-state index contributed by atoms with van der Waals surface area (Å²) >= 11 is 0. The van der Waals surface area contributed by atoms with Crippen molar-refractivity contribution in [1.29, 1.82) is 0 Å². The van der Waals surface area contributed by atoms with Gasteiger partial charge < -0.3 is 15.6 Å². The lowest BCUT2D eigenvalue weighted by Gasteiger charge is -2.10. The van der Waals surface area contributed by atoms with Crippen molar-refractivity contribution in [3.8, 4) is 0 Å². The van der Waals surface area contributed by atoms with Crippen LogP contribution in [0.25, 0.3) is 11.1 Å². The van der Waals surface area contributed by atoms with Crippen molar-refractivity contribution in [2.75, 3.05) is 6.54 Å². The number of nitrogens with two attached hydrogens (primary N) is 1. The Morgan fingerprint density at radius 2 is 2.33 bits per heavy atom. The minimum absolute atomic E-state index is 0. The maximum absolute atomic E-state index is 11.8. The number of halogens is 1. The summed E-state index contributed by atoms with van der Waals surface area (Å²) in [6.07, 6.45) is 1.46. The Labute approximate surface area is 110 Å². The van der Waals surface area contributed by atoms with Gasteiger partial charge >= 0.3 is 0 Å². The molecule has 0 aliphatic heterocycles. The number of nitrogens with zero attached hydrogens (tertiary/aromatic N) is 2. The second kappa shape index (κ2) is 5.79. The van der Waals surface area contributed by atoms with Crippen LogP contribution in [-0.4, -0.2) is 28.6 Å². The first-order valence-corrected chi connectivity index (χ1v) is 5.34. The number of amides is 1. The topological polar surface area (TPSA) is 94.0 Å². The van der Waals surface area contributed by atoms with Gasteiger partial charge in [-0.2, -0.15) is 0 Å². The molecule has 1 amide bonds. The van der Waals surface area contributed by atoms with Crippen LogP contribution in [0.5, 0.6) is 0 Å². The molecular formula is C11H15ClN4O2. The quantitative estimate of drug-likeness (QED) is 0.869. The van der Waals surface area contributed by atoms with E-state index in [1.807, 2.05) is 6.92 Å². The normalized spacial score (nSPS) is 11.9. The molecule has 0 spiro atoms. The predicted octanol–water partition coefficient (Wildman–Crippen LogP) is 1.03. The molecule has 0 aliphatic carbocycles. The number of hydrogen-bond donors (Lipinski definition) is 2. The largest absolute Gasteiger partial charge is 0.348 e. The van der Waals surface area contributed by atoms with Gasteiger partial charge in [0.15, 0.2) is 0 Å². The monoisotopic (exact) mass is 270 g/mol. The van der Waals surface area contributed by atoms with Crippen LogP contribution in [0.15, 0.2) is 16.8 Å². The molecule has 2 heterocycles. The van der Waals surface area contributed by atoms with Gasteiger partial charge in [-0.3, -0.25) is 4.79 Å². The first kappa shape index (κ1) is 14.4. The van der Waals surface area contributed by atoms with Gasteiger partial charge in [0, 0.05) is 18.8 Å². The van der Waals surface area contributed by atoms with E-state index in [0.29, 0.717) is 23.5 Å². The highest BCUT2D eigenvalue weighted by Crippen LogP contribution is 2.16. The highest BCUT2D eigenvalue weighted by Gasteiger charge is 2.12. The van der Waals surface area contributed by atoms with Gasteiger partial charge in [-0.15, -0.1) is 12.4 Å². The lowest BCUT2D eigenvalue weighted by molar-refractivity contribution is 0.0941. The minimum Gasteiger partial charge on any atom is -0.348 e. The Kier molecular flexibility index (Phi) is 4.63. The number of aromatic nitrogens is 2. The molecule has 0 aromatic carbocycles. The fraction of sp³-hybridized carbons (Fsp3) is 0.364. The average molecular weight is 271 g/mol. The molecule has 18 heavy (non-hydrogen) atoms. The predicted molar refractivity (Wildman–Crippen MR) is 69.8 cm³/mol. The van der Waals surface area contributed by atoms with Crippen LogP contribution in [-0.2, 0) is 0 Å². The number of hydrogen-bond acceptors (Lipinski definition) is 5. The molecule has 3 N–H and O–H groups in total. The van der Waals surface area contributed by atoms with Crippen LogP contribution < -0.4 is 11.1 Å². The van der Waals surface area contributed by atoms with Crippen molar-refractivity contribution in [3.05, 3.63) is 23.5 Å². The maximum atomic E-state index is 11.8. The lowest BCUT2D eigenvalue weighted by atomic mass is 10.2. The zero-order valence-corrected chi connectivity index (χ0v) is 11.0. The molecule has 98 valence electrons. The molecule has 1 atom stereocenters. The third-order valence-electron chi connectivity index (χ3n) is 2.50. The minimum atomic E-state index is -0.196. The molecule has 0 radical (unpaired) electrons. The molecule has 2 rings (SSSR count). The van der Waals surface area contributed by atoms with Gasteiger partial charge in [-0.1, -0.05) is 5.16 Å². The second-order valence-corrected chi connectivity index (χ2v) is 3.95. The third kappa shape index (κ3) is 2.77. The van der Waals surface area contributed by atoms with Gasteiger partial charge in [0.25, 0.3) is 11.6 Å². The van der Waals surface area contributed by atoms with E-state index in [9.17, 15) is 4.79 Å². The van der Waals surface area contributed by atoms with Gasteiger partial charge in [0.05, 0.1) is 16.6 Å². The molecule has 0 fully saturated rings. The van der Waals surface area contributed by atoms with Crippen molar-refractivity contribution in [3.63, 3.8) is 0 Å². The third-order valence-corrected chi connectivity index (χ3v) is 2.50. The number of rotatable bonds is 3. The summed E-state index contributed by atoms with van der Waals surface area (Å²) in [5.41, 5.74) is 7.07. The number of pyridine rings is 1. The van der Waals surface area contributed by atoms with Crippen molar-refractivity contribution in [2.45, 2.75) is 19.9 Å². The van der Waals surface area contributed by atoms with Crippen LogP contribution in [0.4, 0.5) is 0 Å². The van der Waals surface area contributed by atoms with Crippen LogP contribution in [0, 0.1) is 6.92 Å².